The van der Waals surface area contributed by atoms with Crippen LogP contribution in [0, 0.1) is 0 Å². The van der Waals surface area contributed by atoms with Crippen LogP contribution in [-0.2, 0) is 50.0 Å². The van der Waals surface area contributed by atoms with Crippen LogP contribution in [-0.4, -0.2) is 43.5 Å². The average Bonchev–Trinajstić information content (AvgIpc) is 2.48. The first-order chi connectivity index (χ1) is 9.99. The Hall–Kier alpha value is -0.0969. The van der Waals surface area contributed by atoms with E-state index in [1.807, 2.05) is 20.8 Å². The van der Waals surface area contributed by atoms with Gasteiger partial charge in [0.1, 0.15) is 0 Å². The Bertz CT molecular complexity index is 315. The monoisotopic (exact) mass is 393 g/mol. The van der Waals surface area contributed by atoms with Crippen molar-refractivity contribution in [1.82, 2.24) is 0 Å². The fourth-order valence-corrected chi connectivity index (χ4v) is 1.77. The molecule has 0 aliphatic rings. The molecule has 128 valence electrons. The molecule has 0 heterocycles. The minimum Gasteiger partial charge on any atom is -0.546 e. The third kappa shape index (κ3) is 6.99. The molecule has 0 aromatic heterocycles. The molecule has 1 unspecified atom stereocenters. The molecule has 0 radical (unpaired) electrons. The molecule has 0 fully saturated rings. The summed E-state index contributed by atoms with van der Waals surface area (Å²) in [5.74, 6) is -2.28. The van der Waals surface area contributed by atoms with E-state index < -0.39 is 23.6 Å². The van der Waals surface area contributed by atoms with Crippen molar-refractivity contribution in [3.8, 4) is 0 Å². The zero-order chi connectivity index (χ0) is 16.3. The number of carbonyl (C=O) groups excluding carboxylic acids is 2. The number of hydrogen-bond acceptors (Lipinski definition) is 6. The standard InChI is InChI=1S/C15H28O6.Zr/c1-5-9-19-13(20-10-6-2)12(16)15(8-4,14(17)18)21-11-7-3;/h13H,5-11H2,1-4H3,(H,17,18);/p-1. The number of carbonyl (C=O) groups is 2. The van der Waals surface area contributed by atoms with Crippen molar-refractivity contribution in [3.63, 3.8) is 0 Å². The maximum atomic E-state index is 12.6. The quantitative estimate of drug-likeness (QED) is 0.343. The number of Topliss-reactive ketones (excluding diaryl/α,β-unsaturated/α-hetero) is 1. The smallest absolute Gasteiger partial charge is 0.226 e. The van der Waals surface area contributed by atoms with Crippen LogP contribution in [0.3, 0.4) is 0 Å². The minimum absolute atomic E-state index is 0. The summed E-state index contributed by atoms with van der Waals surface area (Å²) in [5, 5.41) is 11.5. The molecule has 0 saturated carbocycles. The summed E-state index contributed by atoms with van der Waals surface area (Å²) in [4.78, 5) is 24.0. The molecule has 1 atom stereocenters. The average molecular weight is 395 g/mol. The molecule has 22 heavy (non-hydrogen) atoms. The van der Waals surface area contributed by atoms with Gasteiger partial charge in [0.2, 0.25) is 12.1 Å². The summed E-state index contributed by atoms with van der Waals surface area (Å²) in [7, 11) is 0. The first-order valence-corrected chi connectivity index (χ1v) is 7.62. The van der Waals surface area contributed by atoms with Gasteiger partial charge in [-0.15, -0.1) is 0 Å². The molecule has 6 nitrogen and oxygen atoms in total. The van der Waals surface area contributed by atoms with Crippen molar-refractivity contribution in [1.29, 1.82) is 0 Å². The van der Waals surface area contributed by atoms with Crippen LogP contribution in [0.15, 0.2) is 0 Å². The van der Waals surface area contributed by atoms with Gasteiger partial charge in [0.25, 0.3) is 0 Å². The Labute approximate surface area is 152 Å². The maximum Gasteiger partial charge on any atom is 0.226 e. The minimum atomic E-state index is -2.01. The number of ketones is 1. The molecule has 0 N–H and O–H groups in total. The Morgan fingerprint density at radius 2 is 1.41 bits per heavy atom. The van der Waals surface area contributed by atoms with Crippen molar-refractivity contribution < 1.29 is 55.1 Å². The van der Waals surface area contributed by atoms with Gasteiger partial charge in [-0.1, -0.05) is 27.7 Å². The molecular weight excluding hydrogens is 367 g/mol. The number of ether oxygens (including phenoxy) is 3. The first-order valence-electron chi connectivity index (χ1n) is 7.62. The van der Waals surface area contributed by atoms with Crippen LogP contribution in [0.25, 0.3) is 0 Å². The van der Waals surface area contributed by atoms with E-state index in [2.05, 4.69) is 0 Å². The van der Waals surface area contributed by atoms with E-state index in [1.165, 1.54) is 0 Å². The van der Waals surface area contributed by atoms with Crippen LogP contribution < -0.4 is 5.11 Å². The van der Waals surface area contributed by atoms with Crippen molar-refractivity contribution in [2.24, 2.45) is 0 Å². The van der Waals surface area contributed by atoms with Gasteiger partial charge in [0.05, 0.1) is 5.97 Å². The molecule has 0 spiro atoms. The van der Waals surface area contributed by atoms with E-state index in [9.17, 15) is 14.7 Å². The number of carboxylic acids is 1. The summed E-state index contributed by atoms with van der Waals surface area (Å²) >= 11 is 0. The third-order valence-corrected chi connectivity index (χ3v) is 2.94. The van der Waals surface area contributed by atoms with Gasteiger partial charge in [-0.25, -0.2) is 0 Å². The molecule has 0 aliphatic heterocycles. The predicted octanol–water partition coefficient (Wildman–Crippen LogP) is 1.06. The fraction of sp³-hybridized carbons (Fsp3) is 0.867. The van der Waals surface area contributed by atoms with Crippen LogP contribution in [0.5, 0.6) is 0 Å². The normalized spacial score (nSPS) is 13.5. The Morgan fingerprint density at radius 1 is 0.955 bits per heavy atom. The second-order valence-electron chi connectivity index (χ2n) is 4.75. The molecule has 0 saturated heterocycles. The summed E-state index contributed by atoms with van der Waals surface area (Å²) < 4.78 is 16.0. The van der Waals surface area contributed by atoms with Gasteiger partial charge in [-0.3, -0.25) is 4.79 Å². The van der Waals surface area contributed by atoms with Gasteiger partial charge in [0, 0.05) is 46.0 Å². The molecule has 0 amide bonds. The molecular formula is C15H27O6Zr-. The summed E-state index contributed by atoms with van der Waals surface area (Å²) in [6, 6.07) is 0. The van der Waals surface area contributed by atoms with Crippen LogP contribution >= 0.6 is 0 Å². The number of hydrogen-bond donors (Lipinski definition) is 0. The molecule has 0 aromatic rings. The largest absolute Gasteiger partial charge is 0.546 e. The van der Waals surface area contributed by atoms with Crippen LogP contribution in [0.2, 0.25) is 0 Å². The SMILES string of the molecule is CCCOC(OCCC)C(=O)C(CC)(OCCC)C(=O)[O-].[Zr]. The van der Waals surface area contributed by atoms with E-state index in [4.69, 9.17) is 14.2 Å². The molecule has 0 rings (SSSR count). The number of carboxylic acid groups (broad SMARTS) is 1. The number of aliphatic carboxylic acids is 1. The fourth-order valence-electron chi connectivity index (χ4n) is 1.77. The summed E-state index contributed by atoms with van der Waals surface area (Å²) in [5.41, 5.74) is -2.01. The van der Waals surface area contributed by atoms with Crippen LogP contribution in [0.4, 0.5) is 0 Å². The van der Waals surface area contributed by atoms with Crippen molar-refractivity contribution in [2.45, 2.75) is 65.3 Å². The van der Waals surface area contributed by atoms with E-state index in [0.29, 0.717) is 32.5 Å². The van der Waals surface area contributed by atoms with Crippen molar-refractivity contribution in [2.75, 3.05) is 19.8 Å². The molecule has 7 heteroatoms. The third-order valence-electron chi connectivity index (χ3n) is 2.94. The van der Waals surface area contributed by atoms with Crippen molar-refractivity contribution >= 4 is 11.8 Å². The van der Waals surface area contributed by atoms with Gasteiger partial charge in [-0.05, 0) is 25.7 Å². The predicted molar refractivity (Wildman–Crippen MR) is 75.6 cm³/mol. The molecule has 0 aromatic carbocycles. The Balaban J connectivity index is 0. The Kier molecular flexibility index (Phi) is 14.7. The first kappa shape index (κ1) is 24.2. The summed E-state index contributed by atoms with van der Waals surface area (Å²) in [6.07, 6.45) is 0.715. The summed E-state index contributed by atoms with van der Waals surface area (Å²) in [6.45, 7) is 7.95. The van der Waals surface area contributed by atoms with Gasteiger partial charge >= 0.3 is 0 Å². The van der Waals surface area contributed by atoms with E-state index in [-0.39, 0.29) is 39.2 Å². The van der Waals surface area contributed by atoms with Gasteiger partial charge < -0.3 is 24.1 Å². The van der Waals surface area contributed by atoms with Crippen molar-refractivity contribution in [3.05, 3.63) is 0 Å². The van der Waals surface area contributed by atoms with Gasteiger partial charge in [0.15, 0.2) is 5.60 Å². The number of rotatable bonds is 13. The Morgan fingerprint density at radius 3 is 1.73 bits per heavy atom. The van der Waals surface area contributed by atoms with E-state index >= 15 is 0 Å². The molecule has 0 bridgehead atoms. The second-order valence-corrected chi connectivity index (χ2v) is 4.75. The molecule has 0 aliphatic carbocycles. The van der Waals surface area contributed by atoms with E-state index in [1.54, 1.807) is 6.92 Å². The zero-order valence-electron chi connectivity index (χ0n) is 14.0. The van der Waals surface area contributed by atoms with Crippen LogP contribution in [0.1, 0.15) is 53.4 Å². The second kappa shape index (κ2) is 13.4. The van der Waals surface area contributed by atoms with Gasteiger partial charge in [-0.2, -0.15) is 0 Å². The topological polar surface area (TPSA) is 84.9 Å². The zero-order valence-corrected chi connectivity index (χ0v) is 16.4. The van der Waals surface area contributed by atoms with E-state index in [0.717, 1.165) is 0 Å². The maximum absolute atomic E-state index is 12.6.